The topological polar surface area (TPSA) is 158 Å². The third kappa shape index (κ3) is 5.43. The van der Waals surface area contributed by atoms with Gasteiger partial charge in [0.2, 0.25) is 20.0 Å². The number of rotatable bonds is 6. The van der Waals surface area contributed by atoms with E-state index < -0.39 is 38.0 Å². The van der Waals surface area contributed by atoms with Gasteiger partial charge in [-0.15, -0.1) is 0 Å². The molecule has 1 saturated heterocycles. The molecule has 3 rings (SSSR count). The summed E-state index contributed by atoms with van der Waals surface area (Å²) in [6.07, 6.45) is 2.73. The van der Waals surface area contributed by atoms with Gasteiger partial charge in [0, 0.05) is 6.54 Å². The SMILES string of the molecule is CCOC(=O)Cn1c(=NC(=O)C2CCCCN2S(C)(=O)=O)sc2cc(S(N)(=O)=O)ccc21. The summed E-state index contributed by atoms with van der Waals surface area (Å²) in [4.78, 5) is 29.3. The monoisotopic (exact) mass is 504 g/mol. The molecule has 2 N–H and O–H groups in total. The lowest BCUT2D eigenvalue weighted by Gasteiger charge is -2.31. The summed E-state index contributed by atoms with van der Waals surface area (Å²) in [5, 5.41) is 5.20. The predicted molar refractivity (Wildman–Crippen MR) is 118 cm³/mol. The average Bonchev–Trinajstić information content (AvgIpc) is 3.03. The Balaban J connectivity index is 2.13. The van der Waals surface area contributed by atoms with E-state index in [1.807, 2.05) is 0 Å². The van der Waals surface area contributed by atoms with Crippen LogP contribution in [0.3, 0.4) is 0 Å². The number of thiazole rings is 1. The smallest absolute Gasteiger partial charge is 0.326 e. The minimum atomic E-state index is -3.96. The molecule has 0 aliphatic carbocycles. The van der Waals surface area contributed by atoms with E-state index in [9.17, 15) is 26.4 Å². The highest BCUT2D eigenvalue weighted by Crippen LogP contribution is 2.23. The highest BCUT2D eigenvalue weighted by Gasteiger charge is 2.34. The second-order valence-electron chi connectivity index (χ2n) is 7.29. The van der Waals surface area contributed by atoms with Crippen molar-refractivity contribution in [3.63, 3.8) is 0 Å². The number of amides is 1. The van der Waals surface area contributed by atoms with Crippen molar-refractivity contribution in [2.75, 3.05) is 19.4 Å². The number of piperidine rings is 1. The molecule has 1 aliphatic heterocycles. The molecule has 1 aromatic carbocycles. The molecule has 11 nitrogen and oxygen atoms in total. The molecule has 0 saturated carbocycles. The molecule has 0 radical (unpaired) electrons. The van der Waals surface area contributed by atoms with E-state index in [1.165, 1.54) is 22.8 Å². The van der Waals surface area contributed by atoms with Crippen molar-refractivity contribution in [2.24, 2.45) is 10.1 Å². The van der Waals surface area contributed by atoms with Crippen molar-refractivity contribution in [2.45, 2.75) is 43.7 Å². The third-order valence-corrected chi connectivity index (χ3v) is 8.19. The van der Waals surface area contributed by atoms with E-state index in [1.54, 1.807) is 6.92 Å². The van der Waals surface area contributed by atoms with E-state index in [2.05, 4.69) is 4.99 Å². The first-order valence-corrected chi connectivity index (χ1v) is 14.0. The van der Waals surface area contributed by atoms with Gasteiger partial charge in [-0.1, -0.05) is 17.8 Å². The first-order chi connectivity index (χ1) is 14.9. The minimum absolute atomic E-state index is 0.122. The fraction of sp³-hybridized carbons (Fsp3) is 0.500. The van der Waals surface area contributed by atoms with E-state index >= 15 is 0 Å². The van der Waals surface area contributed by atoms with Gasteiger partial charge in [-0.2, -0.15) is 9.30 Å². The molecule has 1 unspecified atom stereocenters. The van der Waals surface area contributed by atoms with Crippen molar-refractivity contribution < 1.29 is 31.2 Å². The molecule has 0 bridgehead atoms. The number of ether oxygens (including phenoxy) is 1. The average molecular weight is 505 g/mol. The van der Waals surface area contributed by atoms with Gasteiger partial charge in [-0.25, -0.2) is 22.0 Å². The number of esters is 1. The summed E-state index contributed by atoms with van der Waals surface area (Å²) >= 11 is 0.995. The van der Waals surface area contributed by atoms with Crippen LogP contribution in [0.1, 0.15) is 26.2 Å². The second kappa shape index (κ2) is 9.39. The number of aromatic nitrogens is 1. The summed E-state index contributed by atoms with van der Waals surface area (Å²) in [6, 6.07) is 3.17. The molecule has 0 spiro atoms. The zero-order valence-corrected chi connectivity index (χ0v) is 20.0. The van der Waals surface area contributed by atoms with Crippen LogP contribution in [-0.4, -0.2) is 63.0 Å². The van der Waals surface area contributed by atoms with Gasteiger partial charge in [-0.3, -0.25) is 9.59 Å². The largest absolute Gasteiger partial charge is 0.465 e. The molecule has 1 atom stereocenters. The predicted octanol–water partition coefficient (Wildman–Crippen LogP) is 0.155. The van der Waals surface area contributed by atoms with Crippen molar-refractivity contribution in [3.8, 4) is 0 Å². The lowest BCUT2D eigenvalue weighted by molar-refractivity contribution is -0.143. The first kappa shape index (κ1) is 24.5. The number of hydrogen-bond acceptors (Lipinski definition) is 8. The molecule has 1 amide bonds. The Morgan fingerprint density at radius 1 is 1.25 bits per heavy atom. The number of nitrogens with two attached hydrogens (primary N) is 1. The summed E-state index contributed by atoms with van der Waals surface area (Å²) < 4.78 is 55.7. The van der Waals surface area contributed by atoms with Crippen LogP contribution in [0.5, 0.6) is 0 Å². The Bertz CT molecular complexity index is 1330. The summed E-state index contributed by atoms with van der Waals surface area (Å²) in [5.74, 6) is -1.21. The first-order valence-electron chi connectivity index (χ1n) is 9.79. The highest BCUT2D eigenvalue weighted by molar-refractivity contribution is 7.89. The molecule has 2 heterocycles. The maximum Gasteiger partial charge on any atom is 0.326 e. The number of hydrogen-bond donors (Lipinski definition) is 1. The third-order valence-electron chi connectivity index (χ3n) is 4.95. The van der Waals surface area contributed by atoms with Gasteiger partial charge in [0.05, 0.1) is 28.0 Å². The zero-order valence-electron chi connectivity index (χ0n) is 17.6. The van der Waals surface area contributed by atoms with Gasteiger partial charge in [0.25, 0.3) is 5.91 Å². The normalized spacial score (nSPS) is 18.7. The van der Waals surface area contributed by atoms with Gasteiger partial charge >= 0.3 is 5.97 Å². The Labute approximate surface area is 189 Å². The number of nitrogens with zero attached hydrogens (tertiary/aromatic N) is 3. The van der Waals surface area contributed by atoms with Crippen molar-refractivity contribution in [1.82, 2.24) is 8.87 Å². The molecule has 1 aliphatic rings. The Kier molecular flexibility index (Phi) is 7.19. The molecular formula is C18H24N4O7S3. The standard InChI is InChI=1S/C18H24N4O7S3/c1-3-29-16(23)11-21-13-8-7-12(32(19,27)28)10-15(13)30-18(21)20-17(24)14-6-4-5-9-22(14)31(2,25)26/h7-8,10,14H,3-6,9,11H2,1-2H3,(H2,19,27,28). The van der Waals surface area contributed by atoms with Crippen LogP contribution < -0.4 is 9.94 Å². The van der Waals surface area contributed by atoms with Crippen LogP contribution in [0.4, 0.5) is 0 Å². The fourth-order valence-electron chi connectivity index (χ4n) is 3.52. The van der Waals surface area contributed by atoms with Crippen LogP contribution in [0.15, 0.2) is 28.1 Å². The zero-order chi connectivity index (χ0) is 23.7. The van der Waals surface area contributed by atoms with Gasteiger partial charge in [0.15, 0.2) is 4.80 Å². The number of fused-ring (bicyclic) bond motifs is 1. The van der Waals surface area contributed by atoms with Crippen LogP contribution in [-0.2, 0) is 40.9 Å². The fourth-order valence-corrected chi connectivity index (χ4v) is 6.33. The Hall–Kier alpha value is -2.13. The number of carbonyl (C=O) groups is 2. The maximum atomic E-state index is 13.0. The van der Waals surface area contributed by atoms with Crippen molar-refractivity contribution in [1.29, 1.82) is 0 Å². The minimum Gasteiger partial charge on any atom is -0.465 e. The van der Waals surface area contributed by atoms with Gasteiger partial charge < -0.3 is 9.30 Å². The van der Waals surface area contributed by atoms with Crippen LogP contribution >= 0.6 is 11.3 Å². The Morgan fingerprint density at radius 3 is 2.59 bits per heavy atom. The number of benzene rings is 1. The van der Waals surface area contributed by atoms with E-state index in [0.717, 1.165) is 21.9 Å². The molecule has 32 heavy (non-hydrogen) atoms. The molecule has 1 fully saturated rings. The van der Waals surface area contributed by atoms with E-state index in [-0.39, 0.29) is 29.4 Å². The molecule has 14 heteroatoms. The summed E-state index contributed by atoms with van der Waals surface area (Å²) in [5.41, 5.74) is 0.464. The lowest BCUT2D eigenvalue weighted by atomic mass is 10.0. The van der Waals surface area contributed by atoms with Crippen LogP contribution in [0, 0.1) is 0 Å². The van der Waals surface area contributed by atoms with Crippen molar-refractivity contribution >= 4 is 53.5 Å². The summed E-state index contributed by atoms with van der Waals surface area (Å²) in [7, 11) is -7.56. The number of sulfonamides is 2. The molecule has 2 aromatic rings. The van der Waals surface area contributed by atoms with E-state index in [4.69, 9.17) is 9.88 Å². The molecule has 176 valence electrons. The summed E-state index contributed by atoms with van der Waals surface area (Å²) in [6.45, 7) is 1.80. The maximum absolute atomic E-state index is 13.0. The van der Waals surface area contributed by atoms with Crippen LogP contribution in [0.25, 0.3) is 10.2 Å². The highest BCUT2D eigenvalue weighted by atomic mass is 32.2. The van der Waals surface area contributed by atoms with Crippen molar-refractivity contribution in [3.05, 3.63) is 23.0 Å². The molecule has 1 aromatic heterocycles. The lowest BCUT2D eigenvalue weighted by Crippen LogP contribution is -2.47. The number of carbonyl (C=O) groups excluding carboxylic acids is 2. The van der Waals surface area contributed by atoms with E-state index in [0.29, 0.717) is 29.5 Å². The van der Waals surface area contributed by atoms with Gasteiger partial charge in [-0.05, 0) is 38.0 Å². The second-order valence-corrected chi connectivity index (χ2v) is 11.8. The Morgan fingerprint density at radius 2 is 1.97 bits per heavy atom. The quantitative estimate of drug-likeness (QED) is 0.549. The number of primary sulfonamides is 1. The molecular weight excluding hydrogens is 480 g/mol. The van der Waals surface area contributed by atoms with Gasteiger partial charge in [0.1, 0.15) is 12.6 Å². The van der Waals surface area contributed by atoms with Crippen LogP contribution in [0.2, 0.25) is 0 Å².